The molecule has 0 fully saturated rings. The molecule has 0 radical (unpaired) electrons. The van der Waals surface area contributed by atoms with E-state index in [1.54, 1.807) is 31.2 Å². The van der Waals surface area contributed by atoms with Gasteiger partial charge in [0.2, 0.25) is 0 Å². The van der Waals surface area contributed by atoms with Gasteiger partial charge in [-0.25, -0.2) is 4.79 Å². The number of hydrogen-bond donors (Lipinski definition) is 0. The van der Waals surface area contributed by atoms with Crippen molar-refractivity contribution in [3.63, 3.8) is 0 Å². The summed E-state index contributed by atoms with van der Waals surface area (Å²) in [6, 6.07) is 8.90. The van der Waals surface area contributed by atoms with E-state index in [1.165, 1.54) is 27.4 Å². The summed E-state index contributed by atoms with van der Waals surface area (Å²) in [5, 5.41) is 0. The minimum absolute atomic E-state index is 0.0894. The standard InChI is InChI=1S/C21H22O6/c1-13(2)15-11-21(19(23)26-4,20(24)27-5)12-16(15)17(18(22)25-3)14-9-7-6-8-10-14/h6-11H,1,12H2,2-5H3/b17-16-. The number of ether oxygens (including phenoxy) is 3. The predicted molar refractivity (Wildman–Crippen MR) is 99.4 cm³/mol. The number of benzene rings is 1. The fourth-order valence-electron chi connectivity index (χ4n) is 3.19. The van der Waals surface area contributed by atoms with E-state index < -0.39 is 23.3 Å². The normalized spacial score (nSPS) is 16.8. The average molecular weight is 370 g/mol. The number of methoxy groups -OCH3 is 3. The molecule has 0 aromatic heterocycles. The van der Waals surface area contributed by atoms with E-state index in [2.05, 4.69) is 6.58 Å². The van der Waals surface area contributed by atoms with Gasteiger partial charge in [0, 0.05) is 6.42 Å². The minimum Gasteiger partial charge on any atom is -0.468 e. The molecular formula is C21H22O6. The van der Waals surface area contributed by atoms with Gasteiger partial charge in [0.1, 0.15) is 0 Å². The first-order chi connectivity index (χ1) is 12.8. The van der Waals surface area contributed by atoms with Gasteiger partial charge in [-0.3, -0.25) is 9.59 Å². The van der Waals surface area contributed by atoms with Crippen LogP contribution in [-0.2, 0) is 28.6 Å². The van der Waals surface area contributed by atoms with Crippen LogP contribution in [0, 0.1) is 5.41 Å². The van der Waals surface area contributed by atoms with E-state index in [4.69, 9.17) is 14.2 Å². The largest absolute Gasteiger partial charge is 0.468 e. The van der Waals surface area contributed by atoms with Gasteiger partial charge in [-0.15, -0.1) is 0 Å². The van der Waals surface area contributed by atoms with Crippen molar-refractivity contribution < 1.29 is 28.6 Å². The van der Waals surface area contributed by atoms with E-state index >= 15 is 0 Å². The topological polar surface area (TPSA) is 78.9 Å². The van der Waals surface area contributed by atoms with Crippen LogP contribution in [0.15, 0.2) is 59.7 Å². The van der Waals surface area contributed by atoms with Gasteiger partial charge in [0.15, 0.2) is 5.41 Å². The third-order valence-corrected chi connectivity index (χ3v) is 4.48. The highest BCUT2D eigenvalue weighted by Gasteiger charge is 2.52. The minimum atomic E-state index is -1.68. The van der Waals surface area contributed by atoms with Crippen molar-refractivity contribution in [1.82, 2.24) is 0 Å². The first kappa shape index (κ1) is 20.2. The number of rotatable bonds is 5. The fraction of sp³-hybridized carbons (Fsp3) is 0.286. The zero-order chi connectivity index (χ0) is 20.2. The monoisotopic (exact) mass is 370 g/mol. The second-order valence-electron chi connectivity index (χ2n) is 6.18. The summed E-state index contributed by atoms with van der Waals surface area (Å²) in [6.45, 7) is 5.66. The maximum absolute atomic E-state index is 12.6. The lowest BCUT2D eigenvalue weighted by molar-refractivity contribution is -0.164. The molecule has 1 aliphatic carbocycles. The Morgan fingerprint density at radius 3 is 1.96 bits per heavy atom. The van der Waals surface area contributed by atoms with Crippen molar-refractivity contribution in [1.29, 1.82) is 0 Å². The summed E-state index contributed by atoms with van der Waals surface area (Å²) >= 11 is 0. The molecule has 0 saturated heterocycles. The van der Waals surface area contributed by atoms with Crippen molar-refractivity contribution in [2.45, 2.75) is 13.3 Å². The summed E-state index contributed by atoms with van der Waals surface area (Å²) < 4.78 is 14.7. The molecule has 6 nitrogen and oxygen atoms in total. The summed E-state index contributed by atoms with van der Waals surface area (Å²) in [4.78, 5) is 37.6. The van der Waals surface area contributed by atoms with E-state index in [1.807, 2.05) is 6.07 Å². The van der Waals surface area contributed by atoms with Crippen LogP contribution in [0.5, 0.6) is 0 Å². The lowest BCUT2D eigenvalue weighted by Crippen LogP contribution is -2.38. The quantitative estimate of drug-likeness (QED) is 0.343. The zero-order valence-electron chi connectivity index (χ0n) is 15.8. The Labute approximate surface area is 158 Å². The van der Waals surface area contributed by atoms with Crippen molar-refractivity contribution in [3.05, 3.63) is 65.3 Å². The number of carbonyl (C=O) groups excluding carboxylic acids is 3. The molecule has 6 heteroatoms. The lowest BCUT2D eigenvalue weighted by atomic mass is 9.85. The summed E-state index contributed by atoms with van der Waals surface area (Å²) in [6.07, 6.45) is 1.38. The SMILES string of the molecule is C=C(C)C1=CC(C(=O)OC)(C(=O)OC)C/C1=C(/C(=O)OC)c1ccccc1. The fourth-order valence-corrected chi connectivity index (χ4v) is 3.19. The van der Waals surface area contributed by atoms with Crippen LogP contribution in [0.3, 0.4) is 0 Å². The first-order valence-corrected chi connectivity index (χ1v) is 8.25. The number of carbonyl (C=O) groups is 3. The molecule has 27 heavy (non-hydrogen) atoms. The number of esters is 3. The van der Waals surface area contributed by atoms with Gasteiger partial charge in [0.05, 0.1) is 26.9 Å². The van der Waals surface area contributed by atoms with Gasteiger partial charge in [-0.2, -0.15) is 0 Å². The Morgan fingerprint density at radius 2 is 1.52 bits per heavy atom. The first-order valence-electron chi connectivity index (χ1n) is 8.25. The Morgan fingerprint density at radius 1 is 0.963 bits per heavy atom. The van der Waals surface area contributed by atoms with Crippen LogP contribution >= 0.6 is 0 Å². The third-order valence-electron chi connectivity index (χ3n) is 4.48. The van der Waals surface area contributed by atoms with E-state index in [0.29, 0.717) is 22.3 Å². The van der Waals surface area contributed by atoms with Crippen LogP contribution in [0.2, 0.25) is 0 Å². The molecule has 0 heterocycles. The maximum Gasteiger partial charge on any atom is 0.338 e. The molecule has 0 bridgehead atoms. The average Bonchev–Trinajstić information content (AvgIpc) is 3.09. The molecule has 2 rings (SSSR count). The van der Waals surface area contributed by atoms with Crippen molar-refractivity contribution in [2.24, 2.45) is 5.41 Å². The molecule has 0 saturated carbocycles. The Balaban J connectivity index is 2.81. The summed E-state index contributed by atoms with van der Waals surface area (Å²) in [5.41, 5.74) is 0.795. The summed E-state index contributed by atoms with van der Waals surface area (Å²) in [5.74, 6) is -2.10. The molecule has 0 spiro atoms. The van der Waals surface area contributed by atoms with Crippen LogP contribution in [0.25, 0.3) is 5.57 Å². The highest BCUT2D eigenvalue weighted by Crippen LogP contribution is 2.47. The van der Waals surface area contributed by atoms with Crippen LogP contribution in [0.1, 0.15) is 18.9 Å². The summed E-state index contributed by atoms with van der Waals surface area (Å²) in [7, 11) is 3.67. The molecule has 0 atom stereocenters. The van der Waals surface area contributed by atoms with Gasteiger partial charge in [-0.1, -0.05) is 42.5 Å². The Kier molecular flexibility index (Phi) is 6.00. The number of allylic oxidation sites excluding steroid dienone is 3. The molecule has 1 aromatic carbocycles. The van der Waals surface area contributed by atoms with Gasteiger partial charge < -0.3 is 14.2 Å². The van der Waals surface area contributed by atoms with Crippen molar-refractivity contribution in [2.75, 3.05) is 21.3 Å². The highest BCUT2D eigenvalue weighted by atomic mass is 16.5. The second kappa shape index (κ2) is 8.03. The predicted octanol–water partition coefficient (Wildman–Crippen LogP) is 2.85. The second-order valence-corrected chi connectivity index (χ2v) is 6.18. The number of hydrogen-bond acceptors (Lipinski definition) is 6. The van der Waals surface area contributed by atoms with E-state index in [9.17, 15) is 14.4 Å². The van der Waals surface area contributed by atoms with Crippen LogP contribution in [-0.4, -0.2) is 39.2 Å². The highest BCUT2D eigenvalue weighted by molar-refractivity contribution is 6.19. The van der Waals surface area contributed by atoms with Crippen LogP contribution < -0.4 is 0 Å². The molecule has 142 valence electrons. The lowest BCUT2D eigenvalue weighted by Gasteiger charge is -2.21. The van der Waals surface area contributed by atoms with Crippen molar-refractivity contribution >= 4 is 23.5 Å². The maximum atomic E-state index is 12.6. The zero-order valence-corrected chi connectivity index (χ0v) is 15.8. The molecule has 1 aliphatic rings. The Bertz CT molecular complexity index is 829. The molecule has 0 aliphatic heterocycles. The van der Waals surface area contributed by atoms with E-state index in [-0.39, 0.29) is 12.0 Å². The molecule has 1 aromatic rings. The van der Waals surface area contributed by atoms with Crippen molar-refractivity contribution in [3.8, 4) is 0 Å². The smallest absolute Gasteiger partial charge is 0.338 e. The molecule has 0 unspecified atom stereocenters. The van der Waals surface area contributed by atoms with Gasteiger partial charge >= 0.3 is 17.9 Å². The van der Waals surface area contributed by atoms with Gasteiger partial charge in [0.25, 0.3) is 0 Å². The Hall–Kier alpha value is -3.15. The van der Waals surface area contributed by atoms with E-state index in [0.717, 1.165) is 0 Å². The third kappa shape index (κ3) is 3.56. The molecule has 0 N–H and O–H groups in total. The van der Waals surface area contributed by atoms with Crippen LogP contribution in [0.4, 0.5) is 0 Å². The van der Waals surface area contributed by atoms with Gasteiger partial charge in [-0.05, 0) is 29.7 Å². The molecule has 0 amide bonds. The molecular weight excluding hydrogens is 348 g/mol.